The molecule has 0 atom stereocenters. The third-order valence-corrected chi connectivity index (χ3v) is 2.88. The Morgan fingerprint density at radius 2 is 1.84 bits per heavy atom. The van der Waals surface area contributed by atoms with E-state index < -0.39 is 0 Å². The Labute approximate surface area is 112 Å². The Morgan fingerprint density at radius 3 is 2.47 bits per heavy atom. The van der Waals surface area contributed by atoms with Crippen LogP contribution < -0.4 is 0 Å². The number of phenolic OH excluding ortho intramolecular Hbond substituents is 1. The molecule has 0 aliphatic rings. The summed E-state index contributed by atoms with van der Waals surface area (Å²) < 4.78 is 0. The van der Waals surface area contributed by atoms with Gasteiger partial charge in [0.1, 0.15) is 5.75 Å². The summed E-state index contributed by atoms with van der Waals surface area (Å²) in [5.74, 6) is 0.239. The smallest absolute Gasteiger partial charge is 0.124 e. The van der Waals surface area contributed by atoms with Crippen LogP contribution in [0.5, 0.6) is 5.75 Å². The average molecular weight is 250 g/mol. The van der Waals surface area contributed by atoms with Crippen molar-refractivity contribution in [2.24, 2.45) is 4.99 Å². The van der Waals surface area contributed by atoms with E-state index in [2.05, 4.69) is 11.1 Å². The molecule has 0 aliphatic carbocycles. The van der Waals surface area contributed by atoms with Gasteiger partial charge in [0.15, 0.2) is 0 Å². The highest BCUT2D eigenvalue weighted by atomic mass is 16.3. The molecule has 94 valence electrons. The van der Waals surface area contributed by atoms with Crippen LogP contribution in [0, 0.1) is 11.3 Å². The van der Waals surface area contributed by atoms with Crippen LogP contribution in [0.15, 0.2) is 53.5 Å². The monoisotopic (exact) mass is 250 g/mol. The fourth-order valence-electron chi connectivity index (χ4n) is 1.76. The molecule has 0 aromatic heterocycles. The third-order valence-electron chi connectivity index (χ3n) is 2.88. The van der Waals surface area contributed by atoms with Gasteiger partial charge in [-0.25, -0.2) is 0 Å². The average Bonchev–Trinajstić information content (AvgIpc) is 2.46. The Bertz CT molecular complexity index is 637. The summed E-state index contributed by atoms with van der Waals surface area (Å²) in [5, 5.41) is 18.5. The molecule has 0 amide bonds. The molecule has 0 bridgehead atoms. The Morgan fingerprint density at radius 1 is 1.16 bits per heavy atom. The van der Waals surface area contributed by atoms with E-state index in [1.807, 2.05) is 31.2 Å². The molecule has 3 heteroatoms. The number of hydrogen-bond donors (Lipinski definition) is 1. The minimum atomic E-state index is 0.239. The topological polar surface area (TPSA) is 56.4 Å². The van der Waals surface area contributed by atoms with Crippen molar-refractivity contribution < 1.29 is 5.11 Å². The molecule has 0 aliphatic heterocycles. The standard InChI is InChI=1S/C16H14N2O/c1-12(15-4-2-3-5-16(15)19)18-11-14-8-6-13(10-17)7-9-14/h2-9,19H,11H2,1H3. The second-order valence-electron chi connectivity index (χ2n) is 4.23. The number of para-hydroxylation sites is 1. The van der Waals surface area contributed by atoms with Crippen molar-refractivity contribution in [2.75, 3.05) is 0 Å². The molecular formula is C16H14N2O. The molecule has 1 N–H and O–H groups in total. The van der Waals surface area contributed by atoms with Crippen molar-refractivity contribution >= 4 is 5.71 Å². The molecule has 0 unspecified atom stereocenters. The predicted octanol–water partition coefficient (Wildman–Crippen LogP) is 3.27. The molecule has 2 aromatic carbocycles. The molecular weight excluding hydrogens is 236 g/mol. The first-order valence-corrected chi connectivity index (χ1v) is 5.99. The van der Waals surface area contributed by atoms with Gasteiger partial charge in [-0.2, -0.15) is 5.26 Å². The lowest BCUT2D eigenvalue weighted by Gasteiger charge is -2.04. The van der Waals surface area contributed by atoms with Crippen molar-refractivity contribution in [2.45, 2.75) is 13.5 Å². The zero-order valence-electron chi connectivity index (χ0n) is 10.7. The van der Waals surface area contributed by atoms with Gasteiger partial charge in [-0.1, -0.05) is 24.3 Å². The lowest BCUT2D eigenvalue weighted by molar-refractivity contribution is 0.474. The summed E-state index contributed by atoms with van der Waals surface area (Å²) >= 11 is 0. The van der Waals surface area contributed by atoms with Crippen LogP contribution in [-0.4, -0.2) is 10.8 Å². The van der Waals surface area contributed by atoms with Crippen molar-refractivity contribution in [1.82, 2.24) is 0 Å². The summed E-state index contributed by atoms with van der Waals surface area (Å²) in [6, 6.07) is 16.6. The molecule has 0 heterocycles. The predicted molar refractivity (Wildman–Crippen MR) is 75.2 cm³/mol. The number of aliphatic imine (C=N–C) groups is 1. The van der Waals surface area contributed by atoms with Gasteiger partial charge in [-0.3, -0.25) is 4.99 Å². The van der Waals surface area contributed by atoms with Crippen LogP contribution in [0.4, 0.5) is 0 Å². The fourth-order valence-corrected chi connectivity index (χ4v) is 1.76. The van der Waals surface area contributed by atoms with E-state index in [1.165, 1.54) is 0 Å². The highest BCUT2D eigenvalue weighted by Crippen LogP contribution is 2.17. The van der Waals surface area contributed by atoms with Crippen LogP contribution in [-0.2, 0) is 6.54 Å². The Hall–Kier alpha value is -2.60. The van der Waals surface area contributed by atoms with Gasteiger partial charge in [0.05, 0.1) is 18.2 Å². The van der Waals surface area contributed by atoms with Gasteiger partial charge in [0.25, 0.3) is 0 Å². The summed E-state index contributed by atoms with van der Waals surface area (Å²) in [6.45, 7) is 2.41. The van der Waals surface area contributed by atoms with Gasteiger partial charge in [-0.05, 0) is 36.8 Å². The second-order valence-corrected chi connectivity index (χ2v) is 4.23. The lowest BCUT2D eigenvalue weighted by Crippen LogP contribution is -1.96. The first-order chi connectivity index (χ1) is 9.20. The highest BCUT2D eigenvalue weighted by Gasteiger charge is 2.02. The number of rotatable bonds is 3. The first-order valence-electron chi connectivity index (χ1n) is 5.99. The molecule has 19 heavy (non-hydrogen) atoms. The van der Waals surface area contributed by atoms with Crippen LogP contribution >= 0.6 is 0 Å². The highest BCUT2D eigenvalue weighted by molar-refractivity contribution is 6.00. The molecule has 0 fully saturated rings. The zero-order chi connectivity index (χ0) is 13.7. The lowest BCUT2D eigenvalue weighted by atomic mass is 10.1. The summed E-state index contributed by atoms with van der Waals surface area (Å²) in [5.41, 5.74) is 3.22. The van der Waals surface area contributed by atoms with Crippen molar-refractivity contribution in [3.8, 4) is 11.8 Å². The number of benzene rings is 2. The minimum Gasteiger partial charge on any atom is -0.507 e. The fraction of sp³-hybridized carbons (Fsp3) is 0.125. The van der Waals surface area contributed by atoms with E-state index in [0.717, 1.165) is 16.8 Å². The van der Waals surface area contributed by atoms with Crippen LogP contribution in [0.2, 0.25) is 0 Å². The quantitative estimate of drug-likeness (QED) is 0.850. The van der Waals surface area contributed by atoms with Gasteiger partial charge < -0.3 is 5.11 Å². The number of aromatic hydroxyl groups is 1. The third kappa shape index (κ3) is 3.20. The molecule has 0 saturated heterocycles. The molecule has 0 radical (unpaired) electrons. The van der Waals surface area contributed by atoms with E-state index in [4.69, 9.17) is 5.26 Å². The normalized spacial score (nSPS) is 11.1. The van der Waals surface area contributed by atoms with E-state index in [1.54, 1.807) is 24.3 Å². The van der Waals surface area contributed by atoms with Crippen LogP contribution in [0.25, 0.3) is 0 Å². The second kappa shape index (κ2) is 5.83. The molecule has 3 nitrogen and oxygen atoms in total. The number of nitriles is 1. The maximum Gasteiger partial charge on any atom is 0.124 e. The maximum absolute atomic E-state index is 9.73. The molecule has 0 spiro atoms. The first kappa shape index (κ1) is 12.8. The summed E-state index contributed by atoms with van der Waals surface area (Å²) in [7, 11) is 0. The summed E-state index contributed by atoms with van der Waals surface area (Å²) in [6.07, 6.45) is 0. The van der Waals surface area contributed by atoms with E-state index in [-0.39, 0.29) is 5.75 Å². The van der Waals surface area contributed by atoms with Crippen LogP contribution in [0.3, 0.4) is 0 Å². The van der Waals surface area contributed by atoms with Crippen LogP contribution in [0.1, 0.15) is 23.6 Å². The van der Waals surface area contributed by atoms with Gasteiger partial charge in [0, 0.05) is 11.3 Å². The van der Waals surface area contributed by atoms with Crippen molar-refractivity contribution in [1.29, 1.82) is 5.26 Å². The number of nitrogens with zero attached hydrogens (tertiary/aromatic N) is 2. The molecule has 2 rings (SSSR count). The van der Waals surface area contributed by atoms with E-state index in [9.17, 15) is 5.11 Å². The van der Waals surface area contributed by atoms with Crippen molar-refractivity contribution in [3.05, 3.63) is 65.2 Å². The molecule has 2 aromatic rings. The molecule has 0 saturated carbocycles. The van der Waals surface area contributed by atoms with Crippen molar-refractivity contribution in [3.63, 3.8) is 0 Å². The number of hydrogen-bond acceptors (Lipinski definition) is 3. The minimum absolute atomic E-state index is 0.239. The van der Waals surface area contributed by atoms with Gasteiger partial charge in [0.2, 0.25) is 0 Å². The Kier molecular flexibility index (Phi) is 3.94. The largest absolute Gasteiger partial charge is 0.507 e. The van der Waals surface area contributed by atoms with E-state index >= 15 is 0 Å². The maximum atomic E-state index is 9.73. The van der Waals surface area contributed by atoms with Gasteiger partial charge >= 0.3 is 0 Å². The Balaban J connectivity index is 2.14. The summed E-state index contributed by atoms with van der Waals surface area (Å²) in [4.78, 5) is 4.45. The SMILES string of the molecule is CC(=NCc1ccc(C#N)cc1)c1ccccc1O. The van der Waals surface area contributed by atoms with E-state index in [0.29, 0.717) is 12.1 Å². The zero-order valence-corrected chi connectivity index (χ0v) is 10.7. The van der Waals surface area contributed by atoms with Gasteiger partial charge in [-0.15, -0.1) is 0 Å². The number of phenols is 1.